The number of aryl methyl sites for hydroxylation is 3. The fourth-order valence-corrected chi connectivity index (χ4v) is 2.70. The van der Waals surface area contributed by atoms with Crippen molar-refractivity contribution in [3.8, 4) is 11.3 Å². The molecular weight excluding hydrogens is 340 g/mol. The summed E-state index contributed by atoms with van der Waals surface area (Å²) in [6.07, 6.45) is 1.51. The molecular formula is C21H22N4O2. The van der Waals surface area contributed by atoms with E-state index in [4.69, 9.17) is 0 Å². The Morgan fingerprint density at radius 3 is 2.37 bits per heavy atom. The molecule has 1 amide bonds. The number of hydrogen-bond acceptors (Lipinski definition) is 4. The molecule has 1 atom stereocenters. The number of anilines is 1. The number of nitrogens with one attached hydrogen (secondary N) is 1. The SMILES string of the molecule is Cc1ccc(-c2cnn([C@@H](C)C(=O)Nc3cc(C)ccc3C)c(=O)n2)cc1. The Morgan fingerprint density at radius 2 is 1.70 bits per heavy atom. The van der Waals surface area contributed by atoms with E-state index in [1.54, 1.807) is 6.92 Å². The minimum Gasteiger partial charge on any atom is -0.324 e. The molecule has 0 saturated heterocycles. The van der Waals surface area contributed by atoms with E-state index in [1.165, 1.54) is 6.20 Å². The van der Waals surface area contributed by atoms with Gasteiger partial charge in [0.25, 0.3) is 0 Å². The predicted molar refractivity (Wildman–Crippen MR) is 106 cm³/mol. The molecule has 1 N–H and O–H groups in total. The van der Waals surface area contributed by atoms with Crippen LogP contribution in [-0.4, -0.2) is 20.7 Å². The Kier molecular flexibility index (Phi) is 5.16. The van der Waals surface area contributed by atoms with E-state index in [1.807, 2.05) is 63.2 Å². The monoisotopic (exact) mass is 362 g/mol. The van der Waals surface area contributed by atoms with Crippen LogP contribution in [0.2, 0.25) is 0 Å². The average molecular weight is 362 g/mol. The van der Waals surface area contributed by atoms with Crippen molar-refractivity contribution in [1.29, 1.82) is 0 Å². The van der Waals surface area contributed by atoms with Gasteiger partial charge in [0, 0.05) is 11.3 Å². The van der Waals surface area contributed by atoms with Crippen LogP contribution in [0.15, 0.2) is 53.5 Å². The van der Waals surface area contributed by atoms with Gasteiger partial charge in [-0.3, -0.25) is 4.79 Å². The maximum atomic E-state index is 12.6. The Hall–Kier alpha value is -3.28. The zero-order valence-corrected chi connectivity index (χ0v) is 15.9. The van der Waals surface area contributed by atoms with Crippen molar-refractivity contribution in [2.75, 3.05) is 5.32 Å². The van der Waals surface area contributed by atoms with E-state index in [9.17, 15) is 9.59 Å². The van der Waals surface area contributed by atoms with Gasteiger partial charge in [-0.1, -0.05) is 42.0 Å². The molecule has 0 aliphatic carbocycles. The molecule has 138 valence electrons. The maximum absolute atomic E-state index is 12.6. The van der Waals surface area contributed by atoms with Gasteiger partial charge in [0.1, 0.15) is 6.04 Å². The molecule has 0 radical (unpaired) electrons. The number of aromatic nitrogens is 3. The molecule has 0 fully saturated rings. The van der Waals surface area contributed by atoms with Gasteiger partial charge >= 0.3 is 5.69 Å². The van der Waals surface area contributed by atoms with E-state index < -0.39 is 11.7 Å². The van der Waals surface area contributed by atoms with Crippen molar-refractivity contribution in [1.82, 2.24) is 14.8 Å². The third-order valence-corrected chi connectivity index (χ3v) is 4.46. The second kappa shape index (κ2) is 7.53. The predicted octanol–water partition coefficient (Wildman–Crippen LogP) is 3.43. The zero-order chi connectivity index (χ0) is 19.6. The fourth-order valence-electron chi connectivity index (χ4n) is 2.70. The normalized spacial score (nSPS) is 11.9. The first kappa shape index (κ1) is 18.5. The van der Waals surface area contributed by atoms with Gasteiger partial charge < -0.3 is 5.32 Å². The van der Waals surface area contributed by atoms with Crippen molar-refractivity contribution in [3.63, 3.8) is 0 Å². The number of benzene rings is 2. The summed E-state index contributed by atoms with van der Waals surface area (Å²) in [5, 5.41) is 7.02. The maximum Gasteiger partial charge on any atom is 0.365 e. The molecule has 3 rings (SSSR count). The first-order valence-electron chi connectivity index (χ1n) is 8.76. The Balaban J connectivity index is 1.83. The van der Waals surface area contributed by atoms with Crippen LogP contribution in [0.4, 0.5) is 5.69 Å². The van der Waals surface area contributed by atoms with E-state index >= 15 is 0 Å². The van der Waals surface area contributed by atoms with Crippen molar-refractivity contribution < 1.29 is 4.79 Å². The van der Waals surface area contributed by atoms with Gasteiger partial charge in [-0.25, -0.2) is 9.48 Å². The highest BCUT2D eigenvalue weighted by atomic mass is 16.2. The minimum atomic E-state index is -0.781. The lowest BCUT2D eigenvalue weighted by Gasteiger charge is -2.15. The molecule has 6 heteroatoms. The van der Waals surface area contributed by atoms with Gasteiger partial charge in [0.2, 0.25) is 5.91 Å². The summed E-state index contributed by atoms with van der Waals surface area (Å²) in [5.41, 5.74) is 4.58. The molecule has 0 bridgehead atoms. The standard InChI is InChI=1S/C21H22N4O2/c1-13-6-9-17(10-7-13)19-12-22-25(21(27)24-19)16(4)20(26)23-18-11-14(2)5-8-15(18)3/h5-12,16H,1-4H3,(H,23,26)/t16-/m0/s1. The van der Waals surface area contributed by atoms with Crippen LogP contribution < -0.4 is 11.0 Å². The summed E-state index contributed by atoms with van der Waals surface area (Å²) in [6, 6.07) is 12.7. The second-order valence-corrected chi connectivity index (χ2v) is 6.72. The lowest BCUT2D eigenvalue weighted by Crippen LogP contribution is -2.35. The summed E-state index contributed by atoms with van der Waals surface area (Å²) in [5.74, 6) is -0.316. The third kappa shape index (κ3) is 4.11. The van der Waals surface area contributed by atoms with Crippen molar-refractivity contribution in [3.05, 3.63) is 75.8 Å². The number of carbonyl (C=O) groups excluding carboxylic acids is 1. The van der Waals surface area contributed by atoms with E-state index in [0.29, 0.717) is 5.69 Å². The van der Waals surface area contributed by atoms with Crippen LogP contribution in [0.1, 0.15) is 29.7 Å². The van der Waals surface area contributed by atoms with Crippen LogP contribution >= 0.6 is 0 Å². The van der Waals surface area contributed by atoms with Gasteiger partial charge in [-0.15, -0.1) is 0 Å². The Morgan fingerprint density at radius 1 is 1.04 bits per heavy atom. The fraction of sp³-hybridized carbons (Fsp3) is 0.238. The molecule has 3 aromatic rings. The summed E-state index contributed by atoms with van der Waals surface area (Å²) in [6.45, 7) is 7.49. The molecule has 0 aliphatic rings. The molecule has 27 heavy (non-hydrogen) atoms. The van der Waals surface area contributed by atoms with Gasteiger partial charge in [0.15, 0.2) is 0 Å². The molecule has 1 heterocycles. The highest BCUT2D eigenvalue weighted by Gasteiger charge is 2.19. The lowest BCUT2D eigenvalue weighted by atomic mass is 10.1. The number of hydrogen-bond donors (Lipinski definition) is 1. The molecule has 0 saturated carbocycles. The number of rotatable bonds is 4. The van der Waals surface area contributed by atoms with Gasteiger partial charge in [-0.2, -0.15) is 10.1 Å². The molecule has 0 aliphatic heterocycles. The van der Waals surface area contributed by atoms with Crippen LogP contribution in [0, 0.1) is 20.8 Å². The Bertz CT molecular complexity index is 1040. The highest BCUT2D eigenvalue weighted by molar-refractivity contribution is 5.94. The van der Waals surface area contributed by atoms with Gasteiger partial charge in [0.05, 0.1) is 11.9 Å². The highest BCUT2D eigenvalue weighted by Crippen LogP contribution is 2.18. The van der Waals surface area contributed by atoms with E-state index in [0.717, 1.165) is 32.6 Å². The van der Waals surface area contributed by atoms with Crippen LogP contribution in [0.25, 0.3) is 11.3 Å². The number of nitrogens with zero attached hydrogens (tertiary/aromatic N) is 3. The largest absolute Gasteiger partial charge is 0.365 e. The lowest BCUT2D eigenvalue weighted by molar-refractivity contribution is -0.119. The summed E-state index contributed by atoms with van der Waals surface area (Å²) < 4.78 is 1.10. The topological polar surface area (TPSA) is 76.9 Å². The summed E-state index contributed by atoms with van der Waals surface area (Å²) in [7, 11) is 0. The molecule has 1 aromatic heterocycles. The molecule has 2 aromatic carbocycles. The van der Waals surface area contributed by atoms with Crippen LogP contribution in [-0.2, 0) is 4.79 Å². The minimum absolute atomic E-state index is 0.316. The van der Waals surface area contributed by atoms with E-state index in [2.05, 4.69) is 15.4 Å². The van der Waals surface area contributed by atoms with Crippen molar-refractivity contribution in [2.24, 2.45) is 0 Å². The quantitative estimate of drug-likeness (QED) is 0.771. The number of amides is 1. The molecule has 0 spiro atoms. The van der Waals surface area contributed by atoms with Crippen LogP contribution in [0.5, 0.6) is 0 Å². The van der Waals surface area contributed by atoms with Gasteiger partial charge in [-0.05, 0) is 44.9 Å². The van der Waals surface area contributed by atoms with Crippen LogP contribution in [0.3, 0.4) is 0 Å². The van der Waals surface area contributed by atoms with Crippen molar-refractivity contribution in [2.45, 2.75) is 33.7 Å². The van der Waals surface area contributed by atoms with E-state index in [-0.39, 0.29) is 5.91 Å². The molecule has 0 unspecified atom stereocenters. The summed E-state index contributed by atoms with van der Waals surface area (Å²) >= 11 is 0. The Labute approximate surface area is 157 Å². The summed E-state index contributed by atoms with van der Waals surface area (Å²) in [4.78, 5) is 29.1. The smallest absolute Gasteiger partial charge is 0.324 e. The third-order valence-electron chi connectivity index (χ3n) is 4.46. The molecule has 6 nitrogen and oxygen atoms in total. The second-order valence-electron chi connectivity index (χ2n) is 6.72. The first-order chi connectivity index (χ1) is 12.8. The zero-order valence-electron chi connectivity index (χ0n) is 15.9. The first-order valence-corrected chi connectivity index (χ1v) is 8.76. The number of carbonyl (C=O) groups is 1. The average Bonchev–Trinajstić information content (AvgIpc) is 2.64. The van der Waals surface area contributed by atoms with Crippen molar-refractivity contribution >= 4 is 11.6 Å².